The number of aryl methyl sites for hydroxylation is 2. The third-order valence-corrected chi connectivity index (χ3v) is 7.09. The average Bonchev–Trinajstić information content (AvgIpc) is 3.40. The van der Waals surface area contributed by atoms with E-state index in [9.17, 15) is 14.9 Å². The molecule has 9 nitrogen and oxygen atoms in total. The van der Waals surface area contributed by atoms with E-state index in [-0.39, 0.29) is 11.6 Å². The Balaban J connectivity index is 1.46. The van der Waals surface area contributed by atoms with Crippen LogP contribution in [-0.4, -0.2) is 58.3 Å². The first-order chi connectivity index (χ1) is 18.9. The van der Waals surface area contributed by atoms with Gasteiger partial charge in [0.15, 0.2) is 0 Å². The number of ether oxygens (including phenoxy) is 1. The van der Waals surface area contributed by atoms with Crippen LogP contribution in [-0.2, 0) is 0 Å². The summed E-state index contributed by atoms with van der Waals surface area (Å²) in [5, 5.41) is 16.2. The zero-order chi connectivity index (χ0) is 27.5. The SMILES string of the molecule is CCOc1ccccc1N1CCN(C(=O)c2cc(-c3ccc(C)c(C)c3)nn2-c2cccc([N+](=O)[O-])c2)CC1. The fourth-order valence-electron chi connectivity index (χ4n) is 4.82. The number of hydrogen-bond acceptors (Lipinski definition) is 6. The average molecular weight is 526 g/mol. The van der Waals surface area contributed by atoms with E-state index in [2.05, 4.69) is 4.90 Å². The third-order valence-electron chi connectivity index (χ3n) is 7.09. The van der Waals surface area contributed by atoms with Crippen molar-refractivity contribution in [3.63, 3.8) is 0 Å². The summed E-state index contributed by atoms with van der Waals surface area (Å²) < 4.78 is 7.33. The molecule has 1 aliphatic rings. The molecule has 1 fully saturated rings. The van der Waals surface area contributed by atoms with Crippen molar-refractivity contribution in [2.75, 3.05) is 37.7 Å². The molecule has 0 radical (unpaired) electrons. The van der Waals surface area contributed by atoms with E-state index in [4.69, 9.17) is 9.84 Å². The number of aromatic nitrogens is 2. The van der Waals surface area contributed by atoms with Crippen LogP contribution in [0.3, 0.4) is 0 Å². The van der Waals surface area contributed by atoms with Gasteiger partial charge >= 0.3 is 0 Å². The fourth-order valence-corrected chi connectivity index (χ4v) is 4.82. The number of para-hydroxylation sites is 2. The second-order valence-electron chi connectivity index (χ2n) is 9.58. The number of nitrogens with zero attached hydrogens (tertiary/aromatic N) is 5. The molecular weight excluding hydrogens is 494 g/mol. The molecule has 5 rings (SSSR count). The van der Waals surface area contributed by atoms with Crippen LogP contribution in [0.25, 0.3) is 16.9 Å². The molecule has 1 aliphatic heterocycles. The van der Waals surface area contributed by atoms with Crippen LogP contribution in [0.1, 0.15) is 28.5 Å². The van der Waals surface area contributed by atoms with Gasteiger partial charge in [0.25, 0.3) is 11.6 Å². The highest BCUT2D eigenvalue weighted by Crippen LogP contribution is 2.30. The molecule has 2 heterocycles. The number of piperazine rings is 1. The van der Waals surface area contributed by atoms with E-state index in [1.165, 1.54) is 16.8 Å². The summed E-state index contributed by atoms with van der Waals surface area (Å²) in [5.74, 6) is 0.670. The monoisotopic (exact) mass is 525 g/mol. The van der Waals surface area contributed by atoms with Crippen LogP contribution >= 0.6 is 0 Å². The molecule has 1 aromatic heterocycles. The number of nitro groups is 1. The van der Waals surface area contributed by atoms with Crippen LogP contribution in [0.5, 0.6) is 5.75 Å². The summed E-state index contributed by atoms with van der Waals surface area (Å²) in [4.78, 5) is 28.9. The lowest BCUT2D eigenvalue weighted by Crippen LogP contribution is -2.49. The number of rotatable bonds is 7. The Morgan fingerprint density at radius 1 is 0.949 bits per heavy atom. The van der Waals surface area contributed by atoms with Gasteiger partial charge in [-0.1, -0.05) is 30.3 Å². The lowest BCUT2D eigenvalue weighted by molar-refractivity contribution is -0.384. The summed E-state index contributed by atoms with van der Waals surface area (Å²) in [6, 6.07) is 22.0. The van der Waals surface area contributed by atoms with Gasteiger partial charge < -0.3 is 14.5 Å². The van der Waals surface area contributed by atoms with Crippen LogP contribution in [0.2, 0.25) is 0 Å². The van der Waals surface area contributed by atoms with Crippen molar-refractivity contribution in [2.45, 2.75) is 20.8 Å². The summed E-state index contributed by atoms with van der Waals surface area (Å²) >= 11 is 0. The van der Waals surface area contributed by atoms with Crippen molar-refractivity contribution in [1.82, 2.24) is 14.7 Å². The minimum absolute atomic E-state index is 0.0595. The van der Waals surface area contributed by atoms with Crippen molar-refractivity contribution in [2.24, 2.45) is 0 Å². The highest BCUT2D eigenvalue weighted by atomic mass is 16.6. The smallest absolute Gasteiger partial charge is 0.272 e. The second kappa shape index (κ2) is 11.0. The minimum atomic E-state index is -0.446. The lowest BCUT2D eigenvalue weighted by atomic mass is 10.0. The number of carbonyl (C=O) groups excluding carboxylic acids is 1. The van der Waals surface area contributed by atoms with Gasteiger partial charge in [-0.15, -0.1) is 0 Å². The van der Waals surface area contributed by atoms with Crippen molar-refractivity contribution in [3.8, 4) is 22.7 Å². The number of anilines is 1. The topological polar surface area (TPSA) is 93.7 Å². The van der Waals surface area contributed by atoms with Crippen LogP contribution in [0.15, 0.2) is 72.8 Å². The third kappa shape index (κ3) is 5.34. The van der Waals surface area contributed by atoms with E-state index in [1.54, 1.807) is 18.2 Å². The first kappa shape index (κ1) is 26.0. The molecule has 200 valence electrons. The first-order valence-corrected chi connectivity index (χ1v) is 13.0. The fraction of sp³-hybridized carbons (Fsp3) is 0.267. The Morgan fingerprint density at radius 2 is 1.72 bits per heavy atom. The molecule has 0 atom stereocenters. The molecule has 3 aromatic carbocycles. The largest absolute Gasteiger partial charge is 0.492 e. The van der Waals surface area contributed by atoms with Gasteiger partial charge in [0, 0.05) is 43.9 Å². The number of amides is 1. The van der Waals surface area contributed by atoms with Crippen molar-refractivity contribution < 1.29 is 14.5 Å². The molecule has 0 saturated carbocycles. The Kier molecular flexibility index (Phi) is 7.31. The maximum Gasteiger partial charge on any atom is 0.272 e. The van der Waals surface area contributed by atoms with Crippen LogP contribution < -0.4 is 9.64 Å². The Bertz CT molecular complexity index is 1520. The lowest BCUT2D eigenvalue weighted by Gasteiger charge is -2.36. The Morgan fingerprint density at radius 3 is 2.44 bits per heavy atom. The molecule has 0 N–H and O–H groups in total. The van der Waals surface area contributed by atoms with Crippen LogP contribution in [0.4, 0.5) is 11.4 Å². The Labute approximate surface area is 227 Å². The summed E-state index contributed by atoms with van der Waals surface area (Å²) in [6.07, 6.45) is 0. The molecular formula is C30H31N5O4. The molecule has 0 aliphatic carbocycles. The van der Waals surface area contributed by atoms with Crippen molar-refractivity contribution in [1.29, 1.82) is 0 Å². The van der Waals surface area contributed by atoms with Gasteiger partial charge in [-0.05, 0) is 62.2 Å². The summed E-state index contributed by atoms with van der Waals surface area (Å²) in [5.41, 5.74) is 5.59. The molecule has 1 amide bonds. The van der Waals surface area contributed by atoms with Gasteiger partial charge in [0.2, 0.25) is 0 Å². The Hall–Kier alpha value is -4.66. The second-order valence-corrected chi connectivity index (χ2v) is 9.58. The maximum absolute atomic E-state index is 13.9. The van der Waals surface area contributed by atoms with Gasteiger partial charge in [-0.25, -0.2) is 4.68 Å². The highest BCUT2D eigenvalue weighted by molar-refractivity contribution is 5.94. The molecule has 9 heteroatoms. The van der Waals surface area contributed by atoms with Crippen molar-refractivity contribution in [3.05, 3.63) is 99.7 Å². The molecule has 1 saturated heterocycles. The van der Waals surface area contributed by atoms with E-state index in [1.807, 2.05) is 68.1 Å². The van der Waals surface area contributed by atoms with Gasteiger partial charge in [-0.3, -0.25) is 14.9 Å². The van der Waals surface area contributed by atoms with E-state index in [0.717, 1.165) is 28.1 Å². The zero-order valence-corrected chi connectivity index (χ0v) is 22.3. The zero-order valence-electron chi connectivity index (χ0n) is 22.3. The molecule has 0 unspecified atom stereocenters. The summed E-state index contributed by atoms with van der Waals surface area (Å²) in [7, 11) is 0. The van der Waals surface area contributed by atoms with Gasteiger partial charge in [0.05, 0.1) is 28.6 Å². The predicted octanol–water partition coefficient (Wildman–Crippen LogP) is 5.43. The number of hydrogen-bond donors (Lipinski definition) is 0. The molecule has 39 heavy (non-hydrogen) atoms. The number of carbonyl (C=O) groups is 1. The highest BCUT2D eigenvalue weighted by Gasteiger charge is 2.27. The maximum atomic E-state index is 13.9. The molecule has 0 bridgehead atoms. The van der Waals surface area contributed by atoms with E-state index < -0.39 is 4.92 Å². The van der Waals surface area contributed by atoms with Crippen LogP contribution in [0, 0.1) is 24.0 Å². The number of nitro benzene ring substituents is 1. The normalized spacial score (nSPS) is 13.4. The molecule has 4 aromatic rings. The minimum Gasteiger partial charge on any atom is -0.492 e. The number of benzene rings is 3. The molecule has 0 spiro atoms. The predicted molar refractivity (Wildman–Crippen MR) is 151 cm³/mol. The van der Waals surface area contributed by atoms with Crippen molar-refractivity contribution >= 4 is 17.3 Å². The first-order valence-electron chi connectivity index (χ1n) is 13.0. The van der Waals surface area contributed by atoms with Gasteiger partial charge in [-0.2, -0.15) is 5.10 Å². The summed E-state index contributed by atoms with van der Waals surface area (Å²) in [6.45, 7) is 8.99. The van der Waals surface area contributed by atoms with E-state index in [0.29, 0.717) is 49.9 Å². The standard InChI is InChI=1S/C30H31N5O4/c1-4-39-29-11-6-5-10-27(29)32-14-16-33(17-15-32)30(36)28-20-26(23-13-12-21(2)22(3)18-23)31-34(28)24-8-7-9-25(19-24)35(37)38/h5-13,18-20H,4,14-17H2,1-3H3. The van der Waals surface area contributed by atoms with E-state index >= 15 is 0 Å². The quantitative estimate of drug-likeness (QED) is 0.236. The number of non-ortho nitro benzene ring substituents is 1. The van der Waals surface area contributed by atoms with Gasteiger partial charge in [0.1, 0.15) is 11.4 Å².